The fraction of sp³-hybridized carbons (Fsp3) is 0.474. The van der Waals surface area contributed by atoms with Crippen LogP contribution in [0.25, 0.3) is 5.70 Å². The van der Waals surface area contributed by atoms with Crippen LogP contribution in [0.2, 0.25) is 0 Å². The van der Waals surface area contributed by atoms with Gasteiger partial charge in [-0.2, -0.15) is 5.90 Å². The first-order valence-corrected chi connectivity index (χ1v) is 8.77. The molecule has 1 amide bonds. The fourth-order valence-electron chi connectivity index (χ4n) is 3.35. The second-order valence-electron chi connectivity index (χ2n) is 6.77. The summed E-state index contributed by atoms with van der Waals surface area (Å²) in [5, 5.41) is 0. The summed E-state index contributed by atoms with van der Waals surface area (Å²) in [5.41, 5.74) is 1.16. The van der Waals surface area contributed by atoms with Crippen LogP contribution in [-0.2, 0) is 9.63 Å². The summed E-state index contributed by atoms with van der Waals surface area (Å²) in [6, 6.07) is 5.95. The topological polar surface area (TPSA) is 67.9 Å². The molecule has 2 N–H and O–H groups in total. The molecule has 25 heavy (non-hydrogen) atoms. The van der Waals surface area contributed by atoms with Gasteiger partial charge in [0.05, 0.1) is 11.6 Å². The lowest BCUT2D eigenvalue weighted by molar-refractivity contribution is -0.139. The van der Waals surface area contributed by atoms with Crippen LogP contribution in [0.15, 0.2) is 35.8 Å². The van der Waals surface area contributed by atoms with E-state index >= 15 is 0 Å². The number of aliphatic imine (C=N–C) groups is 1. The van der Waals surface area contributed by atoms with E-state index in [1.807, 2.05) is 4.90 Å². The third-order valence-corrected chi connectivity index (χ3v) is 5.08. The Balaban J connectivity index is 1.69. The predicted octanol–water partition coefficient (Wildman–Crippen LogP) is 3.12. The number of nitrogens with zero attached hydrogens (tertiary/aromatic N) is 2. The van der Waals surface area contributed by atoms with Gasteiger partial charge in [-0.1, -0.05) is 13.0 Å². The van der Waals surface area contributed by atoms with E-state index in [1.54, 1.807) is 12.1 Å². The van der Waals surface area contributed by atoms with Crippen LogP contribution >= 0.6 is 0 Å². The van der Waals surface area contributed by atoms with Gasteiger partial charge in [0.15, 0.2) is 0 Å². The number of carbonyl (C=O) groups excluding carboxylic acids is 1. The lowest BCUT2D eigenvalue weighted by atomic mass is 9.83. The number of hydrogen-bond donors (Lipinski definition) is 1. The van der Waals surface area contributed by atoms with Crippen molar-refractivity contribution < 1.29 is 14.0 Å². The summed E-state index contributed by atoms with van der Waals surface area (Å²) in [7, 11) is 0. The van der Waals surface area contributed by atoms with Crippen molar-refractivity contribution in [2.75, 3.05) is 13.1 Å². The minimum atomic E-state index is -0.312. The quantitative estimate of drug-likeness (QED) is 0.518. The molecule has 1 heterocycles. The van der Waals surface area contributed by atoms with Crippen LogP contribution in [0, 0.1) is 17.7 Å². The van der Waals surface area contributed by atoms with Crippen molar-refractivity contribution >= 4 is 17.5 Å². The van der Waals surface area contributed by atoms with Crippen molar-refractivity contribution in [3.05, 3.63) is 42.2 Å². The molecular formula is C19H24FN3O2. The fourth-order valence-corrected chi connectivity index (χ4v) is 3.35. The average Bonchev–Trinajstić information content (AvgIpc) is 2.58. The predicted molar refractivity (Wildman–Crippen MR) is 94.8 cm³/mol. The summed E-state index contributed by atoms with van der Waals surface area (Å²) in [5.74, 6) is 5.89. The summed E-state index contributed by atoms with van der Waals surface area (Å²) in [6.45, 7) is 5.27. The van der Waals surface area contributed by atoms with Crippen molar-refractivity contribution in [1.29, 1.82) is 0 Å². The zero-order valence-electron chi connectivity index (χ0n) is 14.3. The zero-order chi connectivity index (χ0) is 17.8. The van der Waals surface area contributed by atoms with E-state index in [4.69, 9.17) is 10.7 Å². The molecule has 3 rings (SSSR count). The highest BCUT2D eigenvalue weighted by atomic mass is 19.1. The van der Waals surface area contributed by atoms with E-state index in [1.165, 1.54) is 12.1 Å². The van der Waals surface area contributed by atoms with Gasteiger partial charge in [0, 0.05) is 19.0 Å². The number of carbonyl (C=O) groups is 1. The molecule has 1 aromatic carbocycles. The van der Waals surface area contributed by atoms with Crippen LogP contribution in [-0.4, -0.2) is 29.8 Å². The smallest absolute Gasteiger partial charge is 0.225 e. The van der Waals surface area contributed by atoms with Crippen molar-refractivity contribution in [2.45, 2.75) is 32.1 Å². The summed E-state index contributed by atoms with van der Waals surface area (Å²) < 4.78 is 13.0. The van der Waals surface area contributed by atoms with Crippen LogP contribution in [0.4, 0.5) is 4.39 Å². The van der Waals surface area contributed by atoms with Gasteiger partial charge in [0.2, 0.25) is 11.8 Å². The molecule has 0 aromatic heterocycles. The van der Waals surface area contributed by atoms with Crippen LogP contribution in [0.1, 0.15) is 37.7 Å². The number of amides is 1. The standard InChI is InChI=1S/C19H24FN3O2/c1-13(14-7-9-17(20)10-8-14)22-18(25-21)16-6-3-11-23(12-16)19(24)15-4-2-5-15/h7-10,15-16H,1-6,11-12,21H2/b22-18-. The molecular weight excluding hydrogens is 321 g/mol. The van der Waals surface area contributed by atoms with Gasteiger partial charge in [-0.25, -0.2) is 9.38 Å². The van der Waals surface area contributed by atoms with Gasteiger partial charge in [0.1, 0.15) is 5.82 Å². The molecule has 1 saturated heterocycles. The average molecular weight is 345 g/mol. The molecule has 0 radical (unpaired) electrons. The molecule has 0 bridgehead atoms. The second-order valence-corrected chi connectivity index (χ2v) is 6.77. The van der Waals surface area contributed by atoms with E-state index in [2.05, 4.69) is 11.6 Å². The van der Waals surface area contributed by atoms with E-state index in [0.29, 0.717) is 23.7 Å². The molecule has 5 nitrogen and oxygen atoms in total. The molecule has 1 saturated carbocycles. The van der Waals surface area contributed by atoms with E-state index in [-0.39, 0.29) is 23.6 Å². The SMILES string of the molecule is C=C(/N=C(\ON)C1CCCN(C(=O)C2CCC2)C1)c1ccc(F)cc1. The number of rotatable bonds is 4. The third-order valence-electron chi connectivity index (χ3n) is 5.08. The zero-order valence-corrected chi connectivity index (χ0v) is 14.3. The molecule has 1 unspecified atom stereocenters. The van der Waals surface area contributed by atoms with Gasteiger partial charge in [0.25, 0.3) is 0 Å². The first kappa shape index (κ1) is 17.6. The van der Waals surface area contributed by atoms with Gasteiger partial charge < -0.3 is 9.74 Å². The first-order chi connectivity index (χ1) is 12.1. The highest BCUT2D eigenvalue weighted by Gasteiger charge is 2.34. The Bertz CT molecular complexity index is 668. The Kier molecular flexibility index (Phi) is 5.48. The number of likely N-dealkylation sites (tertiary alicyclic amines) is 1. The van der Waals surface area contributed by atoms with Gasteiger partial charge >= 0.3 is 0 Å². The van der Waals surface area contributed by atoms with E-state index in [0.717, 1.165) is 38.6 Å². The maximum Gasteiger partial charge on any atom is 0.225 e. The monoisotopic (exact) mass is 345 g/mol. The van der Waals surface area contributed by atoms with Gasteiger partial charge in [-0.3, -0.25) is 4.79 Å². The summed E-state index contributed by atoms with van der Waals surface area (Å²) in [6.07, 6.45) is 4.89. The molecule has 1 aliphatic heterocycles. The molecule has 2 aliphatic rings. The second kappa shape index (κ2) is 7.78. The number of nitrogens with two attached hydrogens (primary N) is 1. The minimum Gasteiger partial charge on any atom is -0.395 e. The van der Waals surface area contributed by atoms with Crippen LogP contribution in [0.3, 0.4) is 0 Å². The van der Waals surface area contributed by atoms with E-state index < -0.39 is 0 Å². The van der Waals surface area contributed by atoms with Crippen LogP contribution < -0.4 is 5.90 Å². The molecule has 1 atom stereocenters. The Morgan fingerprint density at radius 1 is 1.20 bits per heavy atom. The number of piperidine rings is 1. The summed E-state index contributed by atoms with van der Waals surface area (Å²) in [4.78, 5) is 23.8. The molecule has 2 fully saturated rings. The van der Waals surface area contributed by atoms with Crippen molar-refractivity contribution in [3.8, 4) is 0 Å². The number of halogens is 1. The molecule has 1 aliphatic carbocycles. The maximum absolute atomic E-state index is 13.0. The Labute approximate surface area is 147 Å². The first-order valence-electron chi connectivity index (χ1n) is 8.77. The molecule has 134 valence electrons. The lowest BCUT2D eigenvalue weighted by Crippen LogP contribution is -2.46. The van der Waals surface area contributed by atoms with Gasteiger partial charge in [-0.05, 0) is 55.5 Å². The Morgan fingerprint density at radius 2 is 1.88 bits per heavy atom. The normalized spacial score (nSPS) is 21.6. The number of benzene rings is 1. The number of hydrogen-bond acceptors (Lipinski definition) is 4. The van der Waals surface area contributed by atoms with Crippen molar-refractivity contribution in [2.24, 2.45) is 22.7 Å². The molecule has 6 heteroatoms. The highest BCUT2D eigenvalue weighted by Crippen LogP contribution is 2.30. The third kappa shape index (κ3) is 4.07. The molecule has 1 aromatic rings. The van der Waals surface area contributed by atoms with Crippen molar-refractivity contribution in [3.63, 3.8) is 0 Å². The summed E-state index contributed by atoms with van der Waals surface area (Å²) >= 11 is 0. The Morgan fingerprint density at radius 3 is 2.48 bits per heavy atom. The molecule has 0 spiro atoms. The van der Waals surface area contributed by atoms with Crippen LogP contribution in [0.5, 0.6) is 0 Å². The van der Waals surface area contributed by atoms with Gasteiger partial charge in [-0.15, -0.1) is 0 Å². The van der Waals surface area contributed by atoms with Crippen molar-refractivity contribution in [1.82, 2.24) is 4.90 Å². The largest absolute Gasteiger partial charge is 0.395 e. The lowest BCUT2D eigenvalue weighted by Gasteiger charge is -2.37. The maximum atomic E-state index is 13.0. The minimum absolute atomic E-state index is 0.0417. The highest BCUT2D eigenvalue weighted by molar-refractivity contribution is 5.86. The van der Waals surface area contributed by atoms with E-state index in [9.17, 15) is 9.18 Å². The Hall–Kier alpha value is -2.21.